The van der Waals surface area contributed by atoms with Crippen LogP contribution in [0.3, 0.4) is 0 Å². The molecule has 1 atom stereocenters. The summed E-state index contributed by atoms with van der Waals surface area (Å²) in [6.07, 6.45) is 8.22. The Morgan fingerprint density at radius 2 is 1.26 bits per heavy atom. The van der Waals surface area contributed by atoms with Gasteiger partial charge in [-0.25, -0.2) is 0 Å². The molecule has 2 aliphatic rings. The molecule has 3 rings (SSSR count). The van der Waals surface area contributed by atoms with Gasteiger partial charge in [0.05, 0.1) is 0 Å². The van der Waals surface area contributed by atoms with Crippen molar-refractivity contribution < 1.29 is 0 Å². The molecule has 1 saturated heterocycles. The summed E-state index contributed by atoms with van der Waals surface area (Å²) in [4.78, 5) is 2.67. The lowest BCUT2D eigenvalue weighted by Gasteiger charge is -2.42. The van der Waals surface area contributed by atoms with E-state index in [4.69, 9.17) is 5.73 Å². The Morgan fingerprint density at radius 3 is 1.63 bits per heavy atom. The molecule has 1 unspecified atom stereocenters. The Bertz CT molecular complexity index is 309. The smallest absolute Gasteiger partial charge is 0.0357 e. The molecule has 2 heteroatoms. The van der Waals surface area contributed by atoms with Gasteiger partial charge in [-0.15, -0.1) is 0 Å². The van der Waals surface area contributed by atoms with Crippen LogP contribution in [0.5, 0.6) is 0 Å². The van der Waals surface area contributed by atoms with Crippen LogP contribution in [0, 0.1) is 0 Å². The number of nitrogens with zero attached hydrogens (tertiary/aromatic N) is 1. The van der Waals surface area contributed by atoms with E-state index in [-0.39, 0.29) is 0 Å². The fraction of sp³-hybridized carbons (Fsp3) is 0.647. The zero-order valence-corrected chi connectivity index (χ0v) is 12.2. The first-order valence-corrected chi connectivity index (χ1v) is 7.76. The first-order valence-electron chi connectivity index (χ1n) is 7.76. The summed E-state index contributed by atoms with van der Waals surface area (Å²) >= 11 is 0. The van der Waals surface area contributed by atoms with E-state index in [1.165, 1.54) is 51.6 Å². The second-order valence-electron chi connectivity index (χ2n) is 5.95. The minimum Gasteiger partial charge on any atom is -0.326 e. The summed E-state index contributed by atoms with van der Waals surface area (Å²) < 4.78 is 0. The van der Waals surface area contributed by atoms with Gasteiger partial charge in [-0.1, -0.05) is 49.2 Å². The topological polar surface area (TPSA) is 29.3 Å². The maximum absolute atomic E-state index is 6.17. The van der Waals surface area contributed by atoms with Crippen LogP contribution in [-0.4, -0.2) is 29.6 Å². The number of hydrogen-bond acceptors (Lipinski definition) is 2. The maximum Gasteiger partial charge on any atom is 0.0357 e. The summed E-state index contributed by atoms with van der Waals surface area (Å²) in [6.45, 7) is 4.78. The Hall–Kier alpha value is -0.860. The molecule has 1 aromatic carbocycles. The maximum atomic E-state index is 6.17. The number of rotatable bonds is 2. The summed E-state index contributed by atoms with van der Waals surface area (Å²) in [7, 11) is 0. The van der Waals surface area contributed by atoms with E-state index in [0.29, 0.717) is 11.6 Å². The van der Waals surface area contributed by atoms with Crippen molar-refractivity contribution in [3.8, 4) is 0 Å². The molecular formula is C17H28N2. The van der Waals surface area contributed by atoms with Gasteiger partial charge in [-0.3, -0.25) is 4.90 Å². The van der Waals surface area contributed by atoms with Crippen LogP contribution in [0.4, 0.5) is 0 Å². The molecule has 0 radical (unpaired) electrons. The van der Waals surface area contributed by atoms with Crippen LogP contribution in [0.2, 0.25) is 0 Å². The standard InChI is InChI=1S/C11H22N2.C6H6/c1-10(12)11(6-2-3-7-11)13-8-4-5-9-13;1-2-4-6-5-3-1/h10H,2-9,12H2,1H3;1-6H. The van der Waals surface area contributed by atoms with Gasteiger partial charge in [-0.05, 0) is 45.7 Å². The number of nitrogens with two attached hydrogens (primary N) is 1. The van der Waals surface area contributed by atoms with Crippen molar-refractivity contribution in [3.63, 3.8) is 0 Å². The molecule has 106 valence electrons. The van der Waals surface area contributed by atoms with Gasteiger partial charge in [0, 0.05) is 11.6 Å². The first kappa shape index (κ1) is 14.5. The van der Waals surface area contributed by atoms with Crippen LogP contribution in [0.25, 0.3) is 0 Å². The zero-order chi connectivity index (χ0) is 13.6. The molecule has 2 nitrogen and oxygen atoms in total. The molecule has 1 heterocycles. The van der Waals surface area contributed by atoms with Crippen molar-refractivity contribution in [2.45, 2.75) is 57.0 Å². The van der Waals surface area contributed by atoms with Crippen molar-refractivity contribution in [3.05, 3.63) is 36.4 Å². The molecule has 0 bridgehead atoms. The van der Waals surface area contributed by atoms with Crippen LogP contribution in [0.15, 0.2) is 36.4 Å². The number of hydrogen-bond donors (Lipinski definition) is 1. The Morgan fingerprint density at radius 1 is 0.842 bits per heavy atom. The second-order valence-corrected chi connectivity index (χ2v) is 5.95. The largest absolute Gasteiger partial charge is 0.326 e. The molecule has 1 saturated carbocycles. The summed E-state index contributed by atoms with van der Waals surface area (Å²) in [5, 5.41) is 0. The first-order chi connectivity index (χ1) is 9.26. The fourth-order valence-electron chi connectivity index (χ4n) is 3.59. The molecular weight excluding hydrogens is 232 g/mol. The van der Waals surface area contributed by atoms with Gasteiger partial charge in [0.1, 0.15) is 0 Å². The van der Waals surface area contributed by atoms with Gasteiger partial charge in [0.2, 0.25) is 0 Å². The van der Waals surface area contributed by atoms with Crippen molar-refractivity contribution in [2.24, 2.45) is 5.73 Å². The van der Waals surface area contributed by atoms with Gasteiger partial charge in [0.15, 0.2) is 0 Å². The van der Waals surface area contributed by atoms with Crippen LogP contribution in [-0.2, 0) is 0 Å². The normalized spacial score (nSPS) is 23.7. The Balaban J connectivity index is 0.000000186. The lowest BCUT2D eigenvalue weighted by molar-refractivity contribution is 0.0986. The third-order valence-electron chi connectivity index (χ3n) is 4.72. The number of benzene rings is 1. The minimum absolute atomic E-state index is 0.355. The second kappa shape index (κ2) is 7.06. The molecule has 1 aliphatic carbocycles. The molecule has 2 N–H and O–H groups in total. The van der Waals surface area contributed by atoms with E-state index in [9.17, 15) is 0 Å². The van der Waals surface area contributed by atoms with Crippen molar-refractivity contribution in [1.29, 1.82) is 0 Å². The Kier molecular flexibility index (Phi) is 5.41. The lowest BCUT2D eigenvalue weighted by Crippen LogP contribution is -2.56. The highest BCUT2D eigenvalue weighted by atomic mass is 15.2. The van der Waals surface area contributed by atoms with Crippen molar-refractivity contribution in [1.82, 2.24) is 4.90 Å². The van der Waals surface area contributed by atoms with E-state index in [2.05, 4.69) is 11.8 Å². The molecule has 2 fully saturated rings. The molecule has 0 aromatic heterocycles. The van der Waals surface area contributed by atoms with Gasteiger partial charge in [-0.2, -0.15) is 0 Å². The highest BCUT2D eigenvalue weighted by Gasteiger charge is 2.43. The van der Waals surface area contributed by atoms with Gasteiger partial charge >= 0.3 is 0 Å². The van der Waals surface area contributed by atoms with E-state index in [1.807, 2.05) is 36.4 Å². The van der Waals surface area contributed by atoms with Crippen LogP contribution in [0.1, 0.15) is 45.4 Å². The Labute approximate surface area is 118 Å². The number of likely N-dealkylation sites (tertiary alicyclic amines) is 1. The van der Waals surface area contributed by atoms with Crippen LogP contribution >= 0.6 is 0 Å². The monoisotopic (exact) mass is 260 g/mol. The van der Waals surface area contributed by atoms with E-state index in [0.717, 1.165) is 0 Å². The highest BCUT2D eigenvalue weighted by molar-refractivity contribution is 5.01. The quantitative estimate of drug-likeness (QED) is 0.882. The van der Waals surface area contributed by atoms with Crippen molar-refractivity contribution in [2.75, 3.05) is 13.1 Å². The third kappa shape index (κ3) is 3.58. The minimum atomic E-state index is 0.355. The molecule has 1 aromatic rings. The fourth-order valence-corrected chi connectivity index (χ4v) is 3.59. The lowest BCUT2D eigenvalue weighted by atomic mass is 9.88. The van der Waals surface area contributed by atoms with Gasteiger partial charge in [0.25, 0.3) is 0 Å². The predicted molar refractivity (Wildman–Crippen MR) is 82.1 cm³/mol. The molecule has 1 aliphatic heterocycles. The van der Waals surface area contributed by atoms with Crippen molar-refractivity contribution >= 4 is 0 Å². The molecule has 0 spiro atoms. The molecule has 19 heavy (non-hydrogen) atoms. The highest BCUT2D eigenvalue weighted by Crippen LogP contribution is 2.39. The SMILES string of the molecule is CC(N)C1(N2CCCC2)CCCC1.c1ccccc1. The van der Waals surface area contributed by atoms with E-state index >= 15 is 0 Å². The summed E-state index contributed by atoms with van der Waals surface area (Å²) in [6, 6.07) is 12.4. The van der Waals surface area contributed by atoms with Gasteiger partial charge < -0.3 is 5.73 Å². The molecule has 0 amide bonds. The van der Waals surface area contributed by atoms with Crippen LogP contribution < -0.4 is 5.73 Å². The summed E-state index contributed by atoms with van der Waals surface area (Å²) in [5.74, 6) is 0. The third-order valence-corrected chi connectivity index (χ3v) is 4.72. The summed E-state index contributed by atoms with van der Waals surface area (Å²) in [5.41, 5.74) is 6.56. The zero-order valence-electron chi connectivity index (χ0n) is 12.2. The van der Waals surface area contributed by atoms with E-state index < -0.39 is 0 Å². The van der Waals surface area contributed by atoms with E-state index in [1.54, 1.807) is 0 Å². The average Bonchev–Trinajstić information content (AvgIpc) is 3.13. The predicted octanol–water partition coefficient (Wildman–Crippen LogP) is 3.43. The average molecular weight is 260 g/mol.